The van der Waals surface area contributed by atoms with Gasteiger partial charge in [-0.3, -0.25) is 4.79 Å². The standard InChI is InChI=1S/C28H19N3O5S/c1-4-31(3)26-24(29-2)21-17-7-5-6-8-18(17)25(32)23-20(10-9-19(30-26)22(21)23)37-16-12-14(27(33)34)11-15(13-16)28(35)36/h5-13H,4H2,1,3H3,(H,33,34)(H,35,36). The molecule has 182 valence electrons. The van der Waals surface area contributed by atoms with Crippen LogP contribution < -0.4 is 4.90 Å². The maximum atomic E-state index is 13.8. The highest BCUT2D eigenvalue weighted by atomic mass is 32.2. The molecule has 1 aromatic heterocycles. The van der Waals surface area contributed by atoms with Crippen LogP contribution in [0.1, 0.15) is 43.6 Å². The Morgan fingerprint density at radius 1 is 1.00 bits per heavy atom. The van der Waals surface area contributed by atoms with E-state index in [4.69, 9.17) is 11.6 Å². The van der Waals surface area contributed by atoms with Crippen LogP contribution in [0.4, 0.5) is 11.5 Å². The van der Waals surface area contributed by atoms with Gasteiger partial charge in [0, 0.05) is 45.5 Å². The molecule has 0 amide bonds. The van der Waals surface area contributed by atoms with Crippen molar-refractivity contribution in [2.24, 2.45) is 0 Å². The lowest BCUT2D eigenvalue weighted by atomic mass is 9.83. The summed E-state index contributed by atoms with van der Waals surface area (Å²) >= 11 is 1.10. The smallest absolute Gasteiger partial charge is 0.335 e. The van der Waals surface area contributed by atoms with Crippen LogP contribution in [0, 0.1) is 6.57 Å². The summed E-state index contributed by atoms with van der Waals surface area (Å²) in [7, 11) is 1.86. The number of aromatic nitrogens is 1. The van der Waals surface area contributed by atoms with E-state index >= 15 is 0 Å². The fraction of sp³-hybridized carbons (Fsp3) is 0.107. The lowest BCUT2D eigenvalue weighted by Crippen LogP contribution is -2.19. The fourth-order valence-electron chi connectivity index (χ4n) is 4.48. The van der Waals surface area contributed by atoms with E-state index in [1.807, 2.05) is 31.0 Å². The van der Waals surface area contributed by atoms with E-state index in [0.717, 1.165) is 17.8 Å². The molecule has 4 aromatic rings. The maximum absolute atomic E-state index is 13.8. The summed E-state index contributed by atoms with van der Waals surface area (Å²) in [6.45, 7) is 10.6. The molecule has 0 atom stereocenters. The molecule has 0 bridgehead atoms. The number of carboxylic acid groups (broad SMARTS) is 2. The molecule has 5 rings (SSSR count). The lowest BCUT2D eigenvalue weighted by molar-refractivity contribution is 0.0696. The van der Waals surface area contributed by atoms with Crippen molar-refractivity contribution in [3.05, 3.63) is 88.3 Å². The van der Waals surface area contributed by atoms with Gasteiger partial charge < -0.3 is 15.1 Å². The van der Waals surface area contributed by atoms with Gasteiger partial charge in [0.05, 0.1) is 23.2 Å². The zero-order valence-corrected chi connectivity index (χ0v) is 20.6. The normalized spacial score (nSPS) is 11.6. The van der Waals surface area contributed by atoms with E-state index in [-0.39, 0.29) is 16.9 Å². The van der Waals surface area contributed by atoms with Crippen molar-refractivity contribution >= 4 is 51.9 Å². The second-order valence-electron chi connectivity index (χ2n) is 8.45. The Labute approximate surface area is 216 Å². The minimum absolute atomic E-state index is 0.168. The second kappa shape index (κ2) is 9.08. The SMILES string of the molecule is [C-]#[N+]c1c(N(C)CC)nc2ccc(Sc3cc(C(=O)O)cc(C(=O)O)c3)c3c2c1-c1ccccc1C3=O. The summed E-state index contributed by atoms with van der Waals surface area (Å²) in [5.41, 5.74) is 2.68. The lowest BCUT2D eigenvalue weighted by Gasteiger charge is -2.26. The number of carbonyl (C=O) groups is 3. The highest BCUT2D eigenvalue weighted by Crippen LogP contribution is 2.50. The van der Waals surface area contributed by atoms with Crippen molar-refractivity contribution in [2.45, 2.75) is 16.7 Å². The molecule has 0 saturated heterocycles. The van der Waals surface area contributed by atoms with Crippen LogP contribution in [0.25, 0.3) is 26.9 Å². The van der Waals surface area contributed by atoms with E-state index < -0.39 is 11.9 Å². The van der Waals surface area contributed by atoms with Crippen molar-refractivity contribution in [3.8, 4) is 11.1 Å². The number of hydrogen-bond donors (Lipinski definition) is 2. The minimum Gasteiger partial charge on any atom is -0.478 e. The Bertz CT molecular complexity index is 1670. The number of ketones is 1. The third-order valence-corrected chi connectivity index (χ3v) is 7.35. The molecule has 37 heavy (non-hydrogen) atoms. The maximum Gasteiger partial charge on any atom is 0.335 e. The quantitative estimate of drug-likeness (QED) is 0.268. The molecule has 1 aliphatic rings. The van der Waals surface area contributed by atoms with E-state index in [1.54, 1.807) is 24.3 Å². The number of hydrogen-bond acceptors (Lipinski definition) is 6. The number of nitrogens with zero attached hydrogens (tertiary/aromatic N) is 3. The largest absolute Gasteiger partial charge is 0.478 e. The Kier molecular flexibility index (Phi) is 5.90. The number of aromatic carboxylic acids is 2. The first-order valence-corrected chi connectivity index (χ1v) is 12.1. The van der Waals surface area contributed by atoms with Gasteiger partial charge in [0.1, 0.15) is 5.82 Å². The highest BCUT2D eigenvalue weighted by molar-refractivity contribution is 7.99. The molecule has 2 N–H and O–H groups in total. The van der Waals surface area contributed by atoms with Crippen molar-refractivity contribution in [3.63, 3.8) is 0 Å². The molecule has 1 aliphatic carbocycles. The number of fused-ring (bicyclic) bond motifs is 2. The van der Waals surface area contributed by atoms with Crippen LogP contribution >= 0.6 is 11.8 Å². The van der Waals surface area contributed by atoms with E-state index in [2.05, 4.69) is 4.85 Å². The van der Waals surface area contributed by atoms with Gasteiger partial charge in [-0.05, 0) is 42.8 Å². The van der Waals surface area contributed by atoms with E-state index in [0.29, 0.717) is 61.0 Å². The molecule has 8 nitrogen and oxygen atoms in total. The van der Waals surface area contributed by atoms with Gasteiger partial charge in [0.15, 0.2) is 5.78 Å². The van der Waals surface area contributed by atoms with Crippen LogP contribution in [0.3, 0.4) is 0 Å². The van der Waals surface area contributed by atoms with Crippen LogP contribution in [0.2, 0.25) is 0 Å². The van der Waals surface area contributed by atoms with E-state index in [9.17, 15) is 24.6 Å². The van der Waals surface area contributed by atoms with Crippen LogP contribution in [-0.4, -0.2) is 46.5 Å². The zero-order valence-electron chi connectivity index (χ0n) is 19.8. The van der Waals surface area contributed by atoms with Crippen molar-refractivity contribution in [1.82, 2.24) is 4.98 Å². The van der Waals surface area contributed by atoms with Crippen LogP contribution in [0.5, 0.6) is 0 Å². The molecule has 0 radical (unpaired) electrons. The van der Waals surface area contributed by atoms with Crippen molar-refractivity contribution in [1.29, 1.82) is 0 Å². The Morgan fingerprint density at radius 2 is 1.65 bits per heavy atom. The Balaban J connectivity index is 1.82. The Hall–Kier alpha value is -4.68. The number of benzene rings is 3. The third kappa shape index (κ3) is 3.88. The molecule has 9 heteroatoms. The molecule has 0 unspecified atom stereocenters. The number of anilines is 1. The van der Waals surface area contributed by atoms with E-state index in [1.165, 1.54) is 12.1 Å². The Morgan fingerprint density at radius 3 is 2.24 bits per heavy atom. The first-order chi connectivity index (χ1) is 17.7. The topological polar surface area (TPSA) is 112 Å². The van der Waals surface area contributed by atoms with Crippen LogP contribution in [0.15, 0.2) is 64.4 Å². The summed E-state index contributed by atoms with van der Waals surface area (Å²) < 4.78 is 0. The predicted octanol–water partition coefficient (Wildman–Crippen LogP) is 6.00. The number of carboxylic acids is 2. The minimum atomic E-state index is -1.25. The second-order valence-corrected chi connectivity index (χ2v) is 9.57. The van der Waals surface area contributed by atoms with Gasteiger partial charge in [-0.2, -0.15) is 0 Å². The number of pyridine rings is 1. The third-order valence-electron chi connectivity index (χ3n) is 6.31. The fourth-order valence-corrected chi connectivity index (χ4v) is 5.53. The molecule has 0 spiro atoms. The monoisotopic (exact) mass is 509 g/mol. The summed E-state index contributed by atoms with van der Waals surface area (Å²) in [5, 5.41) is 19.5. The molecule has 1 heterocycles. The molecule has 0 aliphatic heterocycles. The van der Waals surface area contributed by atoms with Gasteiger partial charge in [-0.1, -0.05) is 36.0 Å². The van der Waals surface area contributed by atoms with Gasteiger partial charge in [-0.15, -0.1) is 0 Å². The molecular formula is C28H19N3O5S. The molecule has 0 fully saturated rings. The van der Waals surface area contributed by atoms with Crippen molar-refractivity contribution in [2.75, 3.05) is 18.5 Å². The van der Waals surface area contributed by atoms with Gasteiger partial charge in [0.2, 0.25) is 5.69 Å². The average molecular weight is 510 g/mol. The van der Waals surface area contributed by atoms with Crippen molar-refractivity contribution < 1.29 is 24.6 Å². The predicted molar refractivity (Wildman–Crippen MR) is 140 cm³/mol. The van der Waals surface area contributed by atoms with Gasteiger partial charge in [0.25, 0.3) is 0 Å². The van der Waals surface area contributed by atoms with Gasteiger partial charge in [-0.25, -0.2) is 19.4 Å². The number of carbonyl (C=O) groups excluding carboxylic acids is 1. The van der Waals surface area contributed by atoms with Gasteiger partial charge >= 0.3 is 11.9 Å². The molecular weight excluding hydrogens is 490 g/mol. The summed E-state index contributed by atoms with van der Waals surface area (Å²) in [6, 6.07) is 14.5. The van der Waals surface area contributed by atoms with Crippen LogP contribution in [-0.2, 0) is 0 Å². The zero-order chi connectivity index (χ0) is 26.4. The first kappa shape index (κ1) is 24.0. The summed E-state index contributed by atoms with van der Waals surface area (Å²) in [4.78, 5) is 48.4. The molecule has 0 saturated carbocycles. The number of rotatable bonds is 6. The average Bonchev–Trinajstić information content (AvgIpc) is 2.90. The first-order valence-electron chi connectivity index (χ1n) is 11.3. The summed E-state index contributed by atoms with van der Waals surface area (Å²) in [5.74, 6) is -2.22. The molecule has 3 aromatic carbocycles. The summed E-state index contributed by atoms with van der Waals surface area (Å²) in [6.07, 6.45) is 0. The highest BCUT2D eigenvalue weighted by Gasteiger charge is 2.32.